The van der Waals surface area contributed by atoms with E-state index in [0.29, 0.717) is 22.6 Å². The van der Waals surface area contributed by atoms with E-state index in [1.165, 1.54) is 24.3 Å². The smallest absolute Gasteiger partial charge is 0.416 e. The Morgan fingerprint density at radius 2 is 1.53 bits per heavy atom. The van der Waals surface area contributed by atoms with Gasteiger partial charge >= 0.3 is 6.18 Å². The summed E-state index contributed by atoms with van der Waals surface area (Å²) in [5.74, 6) is -0.0515. The lowest BCUT2D eigenvalue weighted by atomic mass is 10.1. The highest BCUT2D eigenvalue weighted by Crippen LogP contribution is 2.32. The van der Waals surface area contributed by atoms with Crippen molar-refractivity contribution in [3.05, 3.63) is 120 Å². The third-order valence-corrected chi connectivity index (χ3v) is 4.94. The van der Waals surface area contributed by atoms with E-state index < -0.39 is 11.7 Å². The SMILES string of the molecule is O=C(/C=C/c1ccc(-c2cccc(C(F)(F)F)c2)o1)c1cccc(NC(=O)c2ccccc2)c1. The summed E-state index contributed by atoms with van der Waals surface area (Å²) in [6, 6.07) is 23.1. The van der Waals surface area contributed by atoms with Gasteiger partial charge in [-0.1, -0.05) is 42.5 Å². The summed E-state index contributed by atoms with van der Waals surface area (Å²) in [4.78, 5) is 24.9. The number of anilines is 1. The molecule has 0 unspecified atom stereocenters. The van der Waals surface area contributed by atoms with Gasteiger partial charge in [0.05, 0.1) is 5.56 Å². The van der Waals surface area contributed by atoms with Crippen molar-refractivity contribution in [2.45, 2.75) is 6.18 Å². The van der Waals surface area contributed by atoms with E-state index in [-0.39, 0.29) is 23.0 Å². The van der Waals surface area contributed by atoms with Gasteiger partial charge in [-0.15, -0.1) is 0 Å². The Morgan fingerprint density at radius 1 is 0.794 bits per heavy atom. The van der Waals surface area contributed by atoms with Crippen LogP contribution < -0.4 is 5.32 Å². The van der Waals surface area contributed by atoms with Crippen molar-refractivity contribution in [2.24, 2.45) is 0 Å². The molecule has 3 aromatic carbocycles. The van der Waals surface area contributed by atoms with Crippen LogP contribution in [0.4, 0.5) is 18.9 Å². The number of benzene rings is 3. The number of allylic oxidation sites excluding steroid dienone is 1. The molecule has 1 aromatic heterocycles. The number of furan rings is 1. The number of amides is 1. The molecular weight excluding hydrogens is 443 g/mol. The fraction of sp³-hybridized carbons (Fsp3) is 0.0370. The highest BCUT2D eigenvalue weighted by molar-refractivity contribution is 6.08. The van der Waals surface area contributed by atoms with Crippen LogP contribution in [0, 0.1) is 0 Å². The van der Waals surface area contributed by atoms with Gasteiger partial charge in [0, 0.05) is 22.4 Å². The lowest BCUT2D eigenvalue weighted by Crippen LogP contribution is -2.12. The van der Waals surface area contributed by atoms with Crippen LogP contribution in [-0.2, 0) is 6.18 Å². The van der Waals surface area contributed by atoms with Crippen molar-refractivity contribution in [3.63, 3.8) is 0 Å². The largest absolute Gasteiger partial charge is 0.457 e. The van der Waals surface area contributed by atoms with Crippen LogP contribution in [0.5, 0.6) is 0 Å². The maximum atomic E-state index is 12.9. The number of halogens is 3. The third kappa shape index (κ3) is 5.50. The predicted octanol–water partition coefficient (Wildman–Crippen LogP) is 7.11. The van der Waals surface area contributed by atoms with Crippen molar-refractivity contribution < 1.29 is 27.2 Å². The highest BCUT2D eigenvalue weighted by atomic mass is 19.4. The average molecular weight is 461 g/mol. The minimum atomic E-state index is -4.45. The molecule has 0 fully saturated rings. The molecule has 0 spiro atoms. The Labute approximate surface area is 193 Å². The molecule has 0 saturated heterocycles. The first-order chi connectivity index (χ1) is 16.3. The summed E-state index contributed by atoms with van der Waals surface area (Å²) in [6.07, 6.45) is -1.71. The molecule has 0 atom stereocenters. The minimum absolute atomic E-state index is 0.254. The first-order valence-corrected chi connectivity index (χ1v) is 10.3. The van der Waals surface area contributed by atoms with Gasteiger partial charge in [0.2, 0.25) is 0 Å². The zero-order valence-corrected chi connectivity index (χ0v) is 17.7. The number of carbonyl (C=O) groups excluding carboxylic acids is 2. The van der Waals surface area contributed by atoms with E-state index in [1.807, 2.05) is 6.07 Å². The van der Waals surface area contributed by atoms with Crippen LogP contribution in [0.25, 0.3) is 17.4 Å². The molecule has 1 N–H and O–H groups in total. The maximum absolute atomic E-state index is 12.9. The van der Waals surface area contributed by atoms with Gasteiger partial charge in [-0.3, -0.25) is 9.59 Å². The molecule has 0 radical (unpaired) electrons. The topological polar surface area (TPSA) is 59.3 Å². The normalized spacial score (nSPS) is 11.5. The van der Waals surface area contributed by atoms with Gasteiger partial charge in [-0.05, 0) is 60.7 Å². The van der Waals surface area contributed by atoms with Crippen molar-refractivity contribution in [1.82, 2.24) is 0 Å². The molecule has 4 nitrogen and oxygen atoms in total. The Balaban J connectivity index is 1.45. The van der Waals surface area contributed by atoms with Crippen LogP contribution in [0.2, 0.25) is 0 Å². The Kier molecular flexibility index (Phi) is 6.45. The fourth-order valence-corrected chi connectivity index (χ4v) is 3.24. The first-order valence-electron chi connectivity index (χ1n) is 10.3. The van der Waals surface area contributed by atoms with E-state index in [4.69, 9.17) is 4.42 Å². The number of alkyl halides is 3. The molecule has 34 heavy (non-hydrogen) atoms. The van der Waals surface area contributed by atoms with Gasteiger partial charge < -0.3 is 9.73 Å². The zero-order valence-electron chi connectivity index (χ0n) is 17.7. The number of ketones is 1. The van der Waals surface area contributed by atoms with Crippen LogP contribution >= 0.6 is 0 Å². The number of nitrogens with one attached hydrogen (secondary N) is 1. The molecular formula is C27H18F3NO3. The second-order valence-electron chi connectivity index (χ2n) is 7.38. The Bertz CT molecular complexity index is 1350. The molecule has 4 aromatic rings. The van der Waals surface area contributed by atoms with E-state index in [1.54, 1.807) is 60.7 Å². The maximum Gasteiger partial charge on any atom is 0.416 e. The molecule has 170 valence electrons. The van der Waals surface area contributed by atoms with Crippen LogP contribution in [0.3, 0.4) is 0 Å². The summed E-state index contributed by atoms with van der Waals surface area (Å²) in [6.45, 7) is 0. The molecule has 0 bridgehead atoms. The van der Waals surface area contributed by atoms with Gasteiger partial charge in [0.1, 0.15) is 11.5 Å². The Hall–Kier alpha value is -4.39. The average Bonchev–Trinajstić information content (AvgIpc) is 3.32. The summed E-state index contributed by atoms with van der Waals surface area (Å²) >= 11 is 0. The number of hydrogen-bond acceptors (Lipinski definition) is 3. The second kappa shape index (κ2) is 9.62. The van der Waals surface area contributed by atoms with Gasteiger partial charge in [0.25, 0.3) is 5.91 Å². The van der Waals surface area contributed by atoms with E-state index in [0.717, 1.165) is 12.1 Å². The van der Waals surface area contributed by atoms with Crippen molar-refractivity contribution in [2.75, 3.05) is 5.32 Å². The Morgan fingerprint density at radius 3 is 2.29 bits per heavy atom. The molecule has 7 heteroatoms. The molecule has 0 saturated carbocycles. The standard InChI is InChI=1S/C27H18F3NO3/c28-27(29,30)21-10-4-9-20(16-21)25-15-13-23(34-25)12-14-24(32)19-8-5-11-22(17-19)31-26(33)18-6-2-1-3-7-18/h1-17H,(H,31,33)/b14-12+. The van der Waals surface area contributed by atoms with Gasteiger partial charge in [-0.2, -0.15) is 13.2 Å². The molecule has 0 aliphatic rings. The second-order valence-corrected chi connectivity index (χ2v) is 7.38. The fourth-order valence-electron chi connectivity index (χ4n) is 3.24. The summed E-state index contributed by atoms with van der Waals surface area (Å²) in [5.41, 5.74) is 0.828. The van der Waals surface area contributed by atoms with Crippen molar-refractivity contribution in [1.29, 1.82) is 0 Å². The molecule has 4 rings (SSSR count). The van der Waals surface area contributed by atoms with Gasteiger partial charge in [-0.25, -0.2) is 0 Å². The van der Waals surface area contributed by atoms with Crippen molar-refractivity contribution in [3.8, 4) is 11.3 Å². The zero-order chi connectivity index (χ0) is 24.1. The summed E-state index contributed by atoms with van der Waals surface area (Å²) in [5, 5.41) is 2.75. The first kappa shape index (κ1) is 22.8. The monoisotopic (exact) mass is 461 g/mol. The summed E-state index contributed by atoms with van der Waals surface area (Å²) < 4.78 is 44.4. The molecule has 0 aliphatic carbocycles. The number of rotatable bonds is 6. The van der Waals surface area contributed by atoms with Crippen molar-refractivity contribution >= 4 is 23.5 Å². The molecule has 1 heterocycles. The lowest BCUT2D eigenvalue weighted by Gasteiger charge is -2.07. The summed E-state index contributed by atoms with van der Waals surface area (Å²) in [7, 11) is 0. The van der Waals surface area contributed by atoms with E-state index >= 15 is 0 Å². The van der Waals surface area contributed by atoms with E-state index in [9.17, 15) is 22.8 Å². The third-order valence-electron chi connectivity index (χ3n) is 4.94. The van der Waals surface area contributed by atoms with Crippen LogP contribution in [0.15, 0.2) is 101 Å². The molecule has 1 amide bonds. The van der Waals surface area contributed by atoms with Gasteiger partial charge in [0.15, 0.2) is 5.78 Å². The predicted molar refractivity (Wildman–Crippen MR) is 123 cm³/mol. The highest BCUT2D eigenvalue weighted by Gasteiger charge is 2.30. The van der Waals surface area contributed by atoms with Crippen LogP contribution in [0.1, 0.15) is 32.0 Å². The quantitative estimate of drug-likeness (QED) is 0.246. The molecule has 0 aliphatic heterocycles. The lowest BCUT2D eigenvalue weighted by molar-refractivity contribution is -0.137. The van der Waals surface area contributed by atoms with Crippen LogP contribution in [-0.4, -0.2) is 11.7 Å². The number of hydrogen-bond donors (Lipinski definition) is 1. The minimum Gasteiger partial charge on any atom is -0.457 e. The van der Waals surface area contributed by atoms with E-state index in [2.05, 4.69) is 5.32 Å². The number of carbonyl (C=O) groups is 2.